The molecule has 0 aliphatic rings. The van der Waals surface area contributed by atoms with Crippen LogP contribution in [0.25, 0.3) is 0 Å². The zero-order chi connectivity index (χ0) is 15.3. The van der Waals surface area contributed by atoms with Gasteiger partial charge in [-0.05, 0) is 46.1 Å². The van der Waals surface area contributed by atoms with E-state index < -0.39 is 0 Å². The number of amides is 2. The maximum Gasteiger partial charge on any atom is 0.315 e. The average molecular weight is 298 g/mol. The highest BCUT2D eigenvalue weighted by Gasteiger charge is 2.18. The van der Waals surface area contributed by atoms with Gasteiger partial charge >= 0.3 is 6.03 Å². The number of hydrogen-bond donors (Lipinski definition) is 2. The number of nitrogens with one attached hydrogen (secondary N) is 2. The van der Waals surface area contributed by atoms with Crippen molar-refractivity contribution < 1.29 is 4.79 Å². The first-order valence-electron chi connectivity index (χ1n) is 6.92. The third-order valence-corrected chi connectivity index (χ3v) is 4.12. The topological polar surface area (TPSA) is 59.0 Å². The standard InChI is InChI=1S/C14H26N4OS/c1-9(7-8-20-6)15-14(19)16-10(2)13-11(3)17-18(5)12(13)4/h9-10H,7-8H2,1-6H3,(H2,15,16,19)/t9-,10-/m1/s1. The molecule has 114 valence electrons. The number of aryl methyl sites for hydroxylation is 2. The molecule has 0 aromatic carbocycles. The lowest BCUT2D eigenvalue weighted by Gasteiger charge is -2.18. The summed E-state index contributed by atoms with van der Waals surface area (Å²) in [7, 11) is 1.92. The Morgan fingerprint density at radius 3 is 2.50 bits per heavy atom. The van der Waals surface area contributed by atoms with Crippen LogP contribution in [0.4, 0.5) is 4.79 Å². The molecule has 5 nitrogen and oxygen atoms in total. The molecule has 0 aliphatic carbocycles. The maximum absolute atomic E-state index is 12.0. The van der Waals surface area contributed by atoms with Crippen molar-refractivity contribution in [2.75, 3.05) is 12.0 Å². The van der Waals surface area contributed by atoms with Crippen molar-refractivity contribution in [3.8, 4) is 0 Å². The van der Waals surface area contributed by atoms with Gasteiger partial charge in [-0.1, -0.05) is 0 Å². The molecule has 0 radical (unpaired) electrons. The number of hydrogen-bond acceptors (Lipinski definition) is 3. The van der Waals surface area contributed by atoms with E-state index in [1.165, 1.54) is 0 Å². The van der Waals surface area contributed by atoms with Gasteiger partial charge in [-0.3, -0.25) is 4.68 Å². The molecule has 0 bridgehead atoms. The molecule has 0 fully saturated rings. The van der Waals surface area contributed by atoms with Crippen LogP contribution in [0.15, 0.2) is 0 Å². The summed E-state index contributed by atoms with van der Waals surface area (Å²) in [4.78, 5) is 12.0. The number of rotatable bonds is 6. The molecule has 2 atom stereocenters. The summed E-state index contributed by atoms with van der Waals surface area (Å²) in [5.41, 5.74) is 3.15. The van der Waals surface area contributed by atoms with Crippen LogP contribution in [0.1, 0.15) is 43.3 Å². The second kappa shape index (κ2) is 7.57. The molecular formula is C14H26N4OS. The second-order valence-corrected chi connectivity index (χ2v) is 6.22. The van der Waals surface area contributed by atoms with Gasteiger partial charge in [0.05, 0.1) is 11.7 Å². The van der Waals surface area contributed by atoms with E-state index >= 15 is 0 Å². The number of aromatic nitrogens is 2. The van der Waals surface area contributed by atoms with Crippen LogP contribution in [-0.2, 0) is 7.05 Å². The molecule has 1 rings (SSSR count). The lowest BCUT2D eigenvalue weighted by atomic mass is 10.1. The molecule has 1 aromatic rings. The Bertz CT molecular complexity index is 458. The highest BCUT2D eigenvalue weighted by Crippen LogP contribution is 2.20. The number of thioether (sulfide) groups is 1. The zero-order valence-corrected chi connectivity index (χ0v) is 14.1. The van der Waals surface area contributed by atoms with Crippen LogP contribution in [0.2, 0.25) is 0 Å². The molecule has 6 heteroatoms. The summed E-state index contributed by atoms with van der Waals surface area (Å²) in [6.07, 6.45) is 3.05. The predicted octanol–water partition coefficient (Wildman–Crippen LogP) is 2.54. The molecule has 2 N–H and O–H groups in total. The summed E-state index contributed by atoms with van der Waals surface area (Å²) in [5, 5.41) is 10.3. The number of carbonyl (C=O) groups is 1. The summed E-state index contributed by atoms with van der Waals surface area (Å²) >= 11 is 1.79. The van der Waals surface area contributed by atoms with Gasteiger partial charge in [-0.2, -0.15) is 16.9 Å². The third-order valence-electron chi connectivity index (χ3n) is 3.48. The minimum Gasteiger partial charge on any atom is -0.336 e. The molecule has 0 spiro atoms. The minimum absolute atomic E-state index is 0.0450. The van der Waals surface area contributed by atoms with E-state index in [4.69, 9.17) is 0 Å². The van der Waals surface area contributed by atoms with Crippen molar-refractivity contribution >= 4 is 17.8 Å². The van der Waals surface area contributed by atoms with Crippen LogP contribution in [0.3, 0.4) is 0 Å². The first-order chi connectivity index (χ1) is 9.36. The smallest absolute Gasteiger partial charge is 0.315 e. The highest BCUT2D eigenvalue weighted by atomic mass is 32.2. The van der Waals surface area contributed by atoms with E-state index in [0.29, 0.717) is 0 Å². The number of urea groups is 1. The normalized spacial score (nSPS) is 13.9. The van der Waals surface area contributed by atoms with E-state index in [-0.39, 0.29) is 18.1 Å². The minimum atomic E-state index is -0.117. The third kappa shape index (κ3) is 4.44. The number of nitrogens with zero attached hydrogens (tertiary/aromatic N) is 2. The van der Waals surface area contributed by atoms with E-state index in [1.54, 1.807) is 11.8 Å². The second-order valence-electron chi connectivity index (χ2n) is 5.23. The molecular weight excluding hydrogens is 272 g/mol. The van der Waals surface area contributed by atoms with Gasteiger partial charge in [-0.25, -0.2) is 4.79 Å². The molecule has 0 aliphatic heterocycles. The molecule has 20 heavy (non-hydrogen) atoms. The Morgan fingerprint density at radius 2 is 2.00 bits per heavy atom. The van der Waals surface area contributed by atoms with Crippen LogP contribution in [0, 0.1) is 13.8 Å². The van der Waals surface area contributed by atoms with Crippen molar-refractivity contribution in [3.63, 3.8) is 0 Å². The average Bonchev–Trinajstić information content (AvgIpc) is 2.60. The van der Waals surface area contributed by atoms with Crippen molar-refractivity contribution in [1.82, 2.24) is 20.4 Å². The van der Waals surface area contributed by atoms with Crippen molar-refractivity contribution in [2.24, 2.45) is 7.05 Å². The summed E-state index contributed by atoms with van der Waals surface area (Å²) < 4.78 is 1.85. The highest BCUT2D eigenvalue weighted by molar-refractivity contribution is 7.98. The SMILES string of the molecule is CSCC[C@@H](C)NC(=O)N[C@H](C)c1c(C)nn(C)c1C. The summed E-state index contributed by atoms with van der Waals surface area (Å²) in [6.45, 7) is 8.01. The monoisotopic (exact) mass is 298 g/mol. The fourth-order valence-electron chi connectivity index (χ4n) is 2.32. The van der Waals surface area contributed by atoms with Crippen LogP contribution < -0.4 is 10.6 Å². The lowest BCUT2D eigenvalue weighted by molar-refractivity contribution is 0.234. The van der Waals surface area contributed by atoms with Gasteiger partial charge in [-0.15, -0.1) is 0 Å². The maximum atomic E-state index is 12.0. The first kappa shape index (κ1) is 16.9. The van der Waals surface area contributed by atoms with Crippen molar-refractivity contribution in [3.05, 3.63) is 17.0 Å². The Labute approximate surface area is 125 Å². The van der Waals surface area contributed by atoms with Gasteiger partial charge in [0.25, 0.3) is 0 Å². The Balaban J connectivity index is 2.57. The van der Waals surface area contributed by atoms with Gasteiger partial charge in [0, 0.05) is 24.3 Å². The Hall–Kier alpha value is -1.17. The largest absolute Gasteiger partial charge is 0.336 e. The van der Waals surface area contributed by atoms with Crippen LogP contribution in [-0.4, -0.2) is 33.9 Å². The fraction of sp³-hybridized carbons (Fsp3) is 0.714. The van der Waals surface area contributed by atoms with Gasteiger partial charge < -0.3 is 10.6 Å². The molecule has 1 aromatic heterocycles. The van der Waals surface area contributed by atoms with Gasteiger partial charge in [0.2, 0.25) is 0 Å². The molecule has 0 saturated heterocycles. The molecule has 2 amide bonds. The molecule has 0 unspecified atom stereocenters. The van der Waals surface area contributed by atoms with E-state index in [9.17, 15) is 4.79 Å². The zero-order valence-electron chi connectivity index (χ0n) is 13.3. The lowest BCUT2D eigenvalue weighted by Crippen LogP contribution is -2.42. The van der Waals surface area contributed by atoms with E-state index in [0.717, 1.165) is 29.1 Å². The molecule has 1 heterocycles. The Morgan fingerprint density at radius 1 is 1.35 bits per heavy atom. The van der Waals surface area contributed by atoms with Crippen LogP contribution in [0.5, 0.6) is 0 Å². The Kier molecular flexibility index (Phi) is 6.39. The van der Waals surface area contributed by atoms with E-state index in [1.807, 2.05) is 39.4 Å². The van der Waals surface area contributed by atoms with Crippen molar-refractivity contribution in [2.45, 2.75) is 46.2 Å². The summed E-state index contributed by atoms with van der Waals surface area (Å²) in [6, 6.07) is 0.0240. The quantitative estimate of drug-likeness (QED) is 0.848. The van der Waals surface area contributed by atoms with Crippen LogP contribution >= 0.6 is 11.8 Å². The first-order valence-corrected chi connectivity index (χ1v) is 8.32. The fourth-order valence-corrected chi connectivity index (χ4v) is 2.91. The predicted molar refractivity (Wildman–Crippen MR) is 85.2 cm³/mol. The molecule has 0 saturated carbocycles. The van der Waals surface area contributed by atoms with Gasteiger partial charge in [0.15, 0.2) is 0 Å². The van der Waals surface area contributed by atoms with E-state index in [2.05, 4.69) is 22.0 Å². The summed E-state index contributed by atoms with van der Waals surface area (Å²) in [5.74, 6) is 1.05. The number of carbonyl (C=O) groups excluding carboxylic acids is 1. The van der Waals surface area contributed by atoms with Gasteiger partial charge in [0.1, 0.15) is 0 Å². The van der Waals surface area contributed by atoms with Crippen molar-refractivity contribution in [1.29, 1.82) is 0 Å².